The Hall–Kier alpha value is -2.51. The fourth-order valence-electron chi connectivity index (χ4n) is 1.26. The molecule has 0 saturated carbocycles. The van der Waals surface area contributed by atoms with Crippen molar-refractivity contribution < 1.29 is 9.45 Å². The van der Waals surface area contributed by atoms with Gasteiger partial charge in [0.15, 0.2) is 5.82 Å². The number of hydrogen-bond donors (Lipinski definition) is 1. The van der Waals surface area contributed by atoms with E-state index in [-0.39, 0.29) is 18.1 Å². The fourth-order valence-corrected chi connectivity index (χ4v) is 1.26. The van der Waals surface area contributed by atoms with E-state index < -0.39 is 4.92 Å². The molecule has 0 radical (unpaired) electrons. The molecule has 0 bridgehead atoms. The molecule has 0 atom stereocenters. The highest BCUT2D eigenvalue weighted by Crippen LogP contribution is 2.22. The number of nitrogens with zero attached hydrogens (tertiary/aromatic N) is 4. The van der Waals surface area contributed by atoms with Gasteiger partial charge < -0.3 is 9.84 Å². The number of hydrogen-bond acceptors (Lipinski definition) is 7. The number of aryl methyl sites for hydroxylation is 1. The zero-order chi connectivity index (χ0) is 12.3. The number of rotatable bonds is 4. The molecule has 88 valence electrons. The lowest BCUT2D eigenvalue weighted by molar-refractivity contribution is -0.384. The van der Waals surface area contributed by atoms with Crippen LogP contribution in [0.2, 0.25) is 0 Å². The van der Waals surface area contributed by atoms with Crippen LogP contribution in [0.1, 0.15) is 11.4 Å². The third-order valence-electron chi connectivity index (χ3n) is 2.02. The van der Waals surface area contributed by atoms with E-state index in [2.05, 4.69) is 25.0 Å². The van der Waals surface area contributed by atoms with Crippen molar-refractivity contribution in [1.29, 1.82) is 0 Å². The molecule has 2 rings (SSSR count). The van der Waals surface area contributed by atoms with Crippen LogP contribution in [-0.2, 0) is 6.54 Å². The Kier molecular flexibility index (Phi) is 2.95. The Morgan fingerprint density at radius 3 is 3.00 bits per heavy atom. The lowest BCUT2D eigenvalue weighted by Gasteiger charge is -2.03. The van der Waals surface area contributed by atoms with Gasteiger partial charge in [-0.1, -0.05) is 5.16 Å². The molecule has 2 aromatic rings. The summed E-state index contributed by atoms with van der Waals surface area (Å²) < 4.78 is 4.54. The number of nitro groups is 1. The first-order valence-electron chi connectivity index (χ1n) is 4.77. The zero-order valence-corrected chi connectivity index (χ0v) is 8.95. The third kappa shape index (κ3) is 2.54. The van der Waals surface area contributed by atoms with Crippen LogP contribution in [0.15, 0.2) is 23.2 Å². The highest BCUT2D eigenvalue weighted by atomic mass is 16.6. The van der Waals surface area contributed by atoms with Crippen LogP contribution in [0, 0.1) is 17.0 Å². The van der Waals surface area contributed by atoms with Gasteiger partial charge in [0.25, 0.3) is 0 Å². The van der Waals surface area contributed by atoms with Crippen molar-refractivity contribution in [3.8, 4) is 0 Å². The summed E-state index contributed by atoms with van der Waals surface area (Å²) in [5.74, 6) is 0.590. The quantitative estimate of drug-likeness (QED) is 0.628. The van der Waals surface area contributed by atoms with E-state index in [1.165, 1.54) is 12.5 Å². The van der Waals surface area contributed by atoms with Gasteiger partial charge in [-0.05, 0) is 12.5 Å². The second-order valence-corrected chi connectivity index (χ2v) is 3.34. The summed E-state index contributed by atoms with van der Waals surface area (Å²) >= 11 is 0. The van der Waals surface area contributed by atoms with Gasteiger partial charge in [0, 0.05) is 12.3 Å². The van der Waals surface area contributed by atoms with Crippen LogP contribution in [0.25, 0.3) is 0 Å². The molecule has 0 aliphatic carbocycles. The maximum absolute atomic E-state index is 10.8. The summed E-state index contributed by atoms with van der Waals surface area (Å²) in [6.07, 6.45) is 2.74. The topological polar surface area (TPSA) is 107 Å². The van der Waals surface area contributed by atoms with Crippen molar-refractivity contribution >= 4 is 11.5 Å². The number of nitrogens with one attached hydrogen (secondary N) is 1. The Balaban J connectivity index is 2.17. The normalized spacial score (nSPS) is 10.2. The van der Waals surface area contributed by atoms with Crippen LogP contribution >= 0.6 is 0 Å². The summed E-state index contributed by atoms with van der Waals surface area (Å²) in [6.45, 7) is 1.95. The Morgan fingerprint density at radius 1 is 1.53 bits per heavy atom. The summed E-state index contributed by atoms with van der Waals surface area (Å²) in [5.41, 5.74) is 0.648. The maximum Gasteiger partial charge on any atom is 0.311 e. The minimum Gasteiger partial charge on any atom is -0.357 e. The SMILES string of the molecule is Cc1cnc(NCc2ncon2)c([N+](=O)[O-])c1. The van der Waals surface area contributed by atoms with E-state index in [1.807, 2.05) is 0 Å². The second-order valence-electron chi connectivity index (χ2n) is 3.34. The summed E-state index contributed by atoms with van der Waals surface area (Å²) in [5, 5.41) is 17.2. The lowest BCUT2D eigenvalue weighted by Crippen LogP contribution is -2.06. The molecule has 0 amide bonds. The average molecular weight is 235 g/mol. The van der Waals surface area contributed by atoms with Gasteiger partial charge in [0.1, 0.15) is 0 Å². The number of pyridine rings is 1. The van der Waals surface area contributed by atoms with Crippen LogP contribution in [0.4, 0.5) is 11.5 Å². The first-order chi connectivity index (χ1) is 8.16. The van der Waals surface area contributed by atoms with Crippen molar-refractivity contribution in [2.75, 3.05) is 5.32 Å². The van der Waals surface area contributed by atoms with Gasteiger partial charge in [0.05, 0.1) is 11.5 Å². The summed E-state index contributed by atoms with van der Waals surface area (Å²) in [7, 11) is 0. The monoisotopic (exact) mass is 235 g/mol. The molecule has 0 aliphatic rings. The van der Waals surface area contributed by atoms with Gasteiger partial charge in [-0.25, -0.2) is 4.98 Å². The minimum atomic E-state index is -0.488. The minimum absolute atomic E-state index is 0.0755. The smallest absolute Gasteiger partial charge is 0.311 e. The van der Waals surface area contributed by atoms with Crippen LogP contribution in [0.3, 0.4) is 0 Å². The van der Waals surface area contributed by atoms with Gasteiger partial charge in [-0.15, -0.1) is 0 Å². The molecule has 8 nitrogen and oxygen atoms in total. The van der Waals surface area contributed by atoms with Crippen LogP contribution in [0.5, 0.6) is 0 Å². The van der Waals surface area contributed by atoms with E-state index in [9.17, 15) is 10.1 Å². The molecule has 2 heterocycles. The van der Waals surface area contributed by atoms with E-state index in [1.54, 1.807) is 13.1 Å². The zero-order valence-electron chi connectivity index (χ0n) is 8.95. The molecule has 0 fully saturated rings. The largest absolute Gasteiger partial charge is 0.357 e. The van der Waals surface area contributed by atoms with Crippen LogP contribution < -0.4 is 5.32 Å². The highest BCUT2D eigenvalue weighted by Gasteiger charge is 2.15. The van der Waals surface area contributed by atoms with Gasteiger partial charge in [0.2, 0.25) is 12.2 Å². The van der Waals surface area contributed by atoms with Gasteiger partial charge in [-0.3, -0.25) is 10.1 Å². The van der Waals surface area contributed by atoms with Crippen molar-refractivity contribution in [1.82, 2.24) is 15.1 Å². The van der Waals surface area contributed by atoms with E-state index in [0.717, 1.165) is 5.56 Å². The lowest BCUT2D eigenvalue weighted by atomic mass is 10.3. The molecule has 0 aliphatic heterocycles. The van der Waals surface area contributed by atoms with Crippen molar-refractivity contribution in [3.05, 3.63) is 40.2 Å². The molecule has 0 saturated heterocycles. The van der Waals surface area contributed by atoms with Crippen LogP contribution in [-0.4, -0.2) is 20.0 Å². The molecule has 0 spiro atoms. The molecule has 2 aromatic heterocycles. The highest BCUT2D eigenvalue weighted by molar-refractivity contribution is 5.56. The van der Waals surface area contributed by atoms with Crippen molar-refractivity contribution in [2.45, 2.75) is 13.5 Å². The third-order valence-corrected chi connectivity index (χ3v) is 2.02. The molecule has 1 N–H and O–H groups in total. The standard InChI is InChI=1S/C9H9N5O3/c1-6-2-7(14(15)16)9(10-3-6)11-4-8-12-5-17-13-8/h2-3,5H,4H2,1H3,(H,10,11). The first-order valence-corrected chi connectivity index (χ1v) is 4.77. The fraction of sp³-hybridized carbons (Fsp3) is 0.222. The second kappa shape index (κ2) is 4.56. The maximum atomic E-state index is 10.8. The Labute approximate surface area is 95.8 Å². The predicted molar refractivity (Wildman–Crippen MR) is 57.3 cm³/mol. The average Bonchev–Trinajstić information content (AvgIpc) is 2.80. The summed E-state index contributed by atoms with van der Waals surface area (Å²) in [6, 6.07) is 1.45. The van der Waals surface area contributed by atoms with Gasteiger partial charge in [-0.2, -0.15) is 4.98 Å². The van der Waals surface area contributed by atoms with E-state index >= 15 is 0 Å². The molecule has 8 heteroatoms. The molecule has 0 aromatic carbocycles. The molecular weight excluding hydrogens is 226 g/mol. The molecule has 0 unspecified atom stereocenters. The Bertz CT molecular complexity index is 525. The van der Waals surface area contributed by atoms with Crippen molar-refractivity contribution in [3.63, 3.8) is 0 Å². The van der Waals surface area contributed by atoms with E-state index in [0.29, 0.717) is 5.82 Å². The van der Waals surface area contributed by atoms with Crippen molar-refractivity contribution in [2.24, 2.45) is 0 Å². The van der Waals surface area contributed by atoms with E-state index in [4.69, 9.17) is 0 Å². The number of anilines is 1. The number of aromatic nitrogens is 3. The molecular formula is C9H9N5O3. The Morgan fingerprint density at radius 2 is 2.35 bits per heavy atom. The predicted octanol–water partition coefficient (Wildman–Crippen LogP) is 1.29. The summed E-state index contributed by atoms with van der Waals surface area (Å²) in [4.78, 5) is 18.1. The first kappa shape index (κ1) is 11.0. The van der Waals surface area contributed by atoms with Gasteiger partial charge >= 0.3 is 5.69 Å². The molecule has 17 heavy (non-hydrogen) atoms.